The van der Waals surface area contributed by atoms with Gasteiger partial charge in [-0.05, 0) is 74.3 Å². The van der Waals surface area contributed by atoms with Crippen molar-refractivity contribution in [3.63, 3.8) is 0 Å². The first-order valence-electron chi connectivity index (χ1n) is 9.12. The second-order valence-electron chi connectivity index (χ2n) is 6.94. The molecule has 0 radical (unpaired) electrons. The first-order valence-corrected chi connectivity index (χ1v) is 9.53. The molecule has 0 aromatic heterocycles. The Morgan fingerprint density at radius 2 is 1.81 bits per heavy atom. The van der Waals surface area contributed by atoms with E-state index in [1.54, 1.807) is 12.1 Å². The highest BCUT2D eigenvalue weighted by atomic mass is 32.1. The Balaban J connectivity index is 1.51. The highest BCUT2D eigenvalue weighted by molar-refractivity contribution is 7.80. The number of thiocarbonyl (C=S) groups is 1. The molecule has 0 unspecified atom stereocenters. The van der Waals surface area contributed by atoms with E-state index in [9.17, 15) is 9.18 Å². The van der Waals surface area contributed by atoms with E-state index in [1.165, 1.54) is 23.3 Å². The van der Waals surface area contributed by atoms with Crippen LogP contribution in [0.1, 0.15) is 34.3 Å². The number of nitrogens with zero attached hydrogens (tertiary/aromatic N) is 1. The molecule has 6 heteroatoms. The molecule has 1 fully saturated rings. The van der Waals surface area contributed by atoms with E-state index in [4.69, 9.17) is 12.2 Å². The van der Waals surface area contributed by atoms with Crippen LogP contribution in [-0.2, 0) is 0 Å². The van der Waals surface area contributed by atoms with Crippen LogP contribution in [0, 0.1) is 19.7 Å². The van der Waals surface area contributed by atoms with Crippen molar-refractivity contribution in [3.8, 4) is 0 Å². The molecule has 1 heterocycles. The number of halogens is 1. The summed E-state index contributed by atoms with van der Waals surface area (Å²) in [6.45, 7) is 5.66. The number of rotatable bonds is 3. The van der Waals surface area contributed by atoms with Crippen molar-refractivity contribution in [2.24, 2.45) is 0 Å². The number of benzene rings is 2. The molecular weight excluding hydrogens is 361 g/mol. The normalized spacial score (nSPS) is 14.7. The lowest BCUT2D eigenvalue weighted by atomic mass is 10.0. The van der Waals surface area contributed by atoms with Crippen molar-refractivity contribution < 1.29 is 9.18 Å². The molecule has 2 aromatic rings. The molecule has 3 rings (SSSR count). The van der Waals surface area contributed by atoms with Crippen LogP contribution in [0.5, 0.6) is 0 Å². The van der Waals surface area contributed by atoms with Crippen LogP contribution in [0.15, 0.2) is 42.5 Å². The Morgan fingerprint density at radius 3 is 2.48 bits per heavy atom. The van der Waals surface area contributed by atoms with Gasteiger partial charge >= 0.3 is 0 Å². The number of hydrogen-bond donors (Lipinski definition) is 2. The van der Waals surface area contributed by atoms with Gasteiger partial charge < -0.3 is 15.5 Å². The van der Waals surface area contributed by atoms with Gasteiger partial charge in [0.2, 0.25) is 0 Å². The number of amides is 1. The van der Waals surface area contributed by atoms with Gasteiger partial charge in [0.15, 0.2) is 5.11 Å². The zero-order valence-electron chi connectivity index (χ0n) is 15.6. The summed E-state index contributed by atoms with van der Waals surface area (Å²) >= 11 is 5.53. The Kier molecular flexibility index (Phi) is 6.06. The molecule has 0 atom stereocenters. The lowest BCUT2D eigenvalue weighted by molar-refractivity contribution is 0.0918. The predicted molar refractivity (Wildman–Crippen MR) is 111 cm³/mol. The van der Waals surface area contributed by atoms with E-state index < -0.39 is 5.82 Å². The molecule has 1 amide bonds. The third-order valence-corrected chi connectivity index (χ3v) is 5.35. The second kappa shape index (κ2) is 8.48. The van der Waals surface area contributed by atoms with E-state index in [0.717, 1.165) is 31.6 Å². The number of hydrogen-bond acceptors (Lipinski definition) is 2. The lowest BCUT2D eigenvalue weighted by Gasteiger charge is -2.34. The Bertz CT molecular complexity index is 847. The van der Waals surface area contributed by atoms with Crippen LogP contribution < -0.4 is 10.6 Å². The van der Waals surface area contributed by atoms with Gasteiger partial charge in [-0.3, -0.25) is 4.79 Å². The zero-order chi connectivity index (χ0) is 19.4. The number of nitrogens with one attached hydrogen (secondary N) is 2. The van der Waals surface area contributed by atoms with E-state index in [0.29, 0.717) is 5.11 Å². The average Bonchev–Trinajstić information content (AvgIpc) is 2.65. The van der Waals surface area contributed by atoms with Crippen LogP contribution in [-0.4, -0.2) is 35.1 Å². The van der Waals surface area contributed by atoms with Gasteiger partial charge in [-0.15, -0.1) is 0 Å². The van der Waals surface area contributed by atoms with Crippen molar-refractivity contribution in [3.05, 3.63) is 65.0 Å². The van der Waals surface area contributed by atoms with E-state index in [-0.39, 0.29) is 17.5 Å². The maximum Gasteiger partial charge on any atom is 0.254 e. The molecule has 0 aliphatic carbocycles. The SMILES string of the molecule is Cc1ccc(NC(=S)N2CCC(NC(=O)c3ccccc3F)CC2)cc1C. The molecule has 2 N–H and O–H groups in total. The summed E-state index contributed by atoms with van der Waals surface area (Å²) in [4.78, 5) is 14.4. The fourth-order valence-corrected chi connectivity index (χ4v) is 3.46. The summed E-state index contributed by atoms with van der Waals surface area (Å²) in [5, 5.41) is 6.91. The first-order chi connectivity index (χ1) is 12.9. The van der Waals surface area contributed by atoms with Crippen LogP contribution in [0.25, 0.3) is 0 Å². The molecular formula is C21H24FN3OS. The molecule has 1 saturated heterocycles. The molecule has 27 heavy (non-hydrogen) atoms. The van der Waals surface area contributed by atoms with Crippen LogP contribution in [0.3, 0.4) is 0 Å². The Labute approximate surface area is 164 Å². The molecule has 0 saturated carbocycles. The fraction of sp³-hybridized carbons (Fsp3) is 0.333. The van der Waals surface area contributed by atoms with Gasteiger partial charge in [-0.2, -0.15) is 0 Å². The summed E-state index contributed by atoms with van der Waals surface area (Å²) in [6.07, 6.45) is 1.55. The first kappa shape index (κ1) is 19.3. The number of piperidine rings is 1. The summed E-state index contributed by atoms with van der Waals surface area (Å²) in [7, 11) is 0. The minimum Gasteiger partial charge on any atom is -0.349 e. The summed E-state index contributed by atoms with van der Waals surface area (Å²) in [6, 6.07) is 12.3. The average molecular weight is 386 g/mol. The highest BCUT2D eigenvalue weighted by Gasteiger charge is 2.23. The fourth-order valence-electron chi connectivity index (χ4n) is 3.16. The molecule has 2 aromatic carbocycles. The van der Waals surface area contributed by atoms with Gasteiger partial charge in [-0.25, -0.2) is 4.39 Å². The topological polar surface area (TPSA) is 44.4 Å². The molecule has 1 aliphatic rings. The van der Waals surface area contributed by atoms with Gasteiger partial charge in [-0.1, -0.05) is 18.2 Å². The third kappa shape index (κ3) is 4.83. The smallest absolute Gasteiger partial charge is 0.254 e. The van der Waals surface area contributed by atoms with Crippen LogP contribution in [0.4, 0.5) is 10.1 Å². The van der Waals surface area contributed by atoms with Crippen LogP contribution in [0.2, 0.25) is 0 Å². The maximum atomic E-state index is 13.7. The summed E-state index contributed by atoms with van der Waals surface area (Å²) < 4.78 is 13.7. The predicted octanol–water partition coefficient (Wildman–Crippen LogP) is 4.03. The van der Waals surface area contributed by atoms with Gasteiger partial charge in [0, 0.05) is 24.8 Å². The molecule has 142 valence electrons. The second-order valence-corrected chi connectivity index (χ2v) is 7.33. The third-order valence-electron chi connectivity index (χ3n) is 4.99. The highest BCUT2D eigenvalue weighted by Crippen LogP contribution is 2.17. The van der Waals surface area contributed by atoms with Gasteiger partial charge in [0.05, 0.1) is 5.56 Å². The Hall–Kier alpha value is -2.47. The van der Waals surface area contributed by atoms with Crippen molar-refractivity contribution in [1.29, 1.82) is 0 Å². The number of anilines is 1. The van der Waals surface area contributed by atoms with Crippen molar-refractivity contribution in [2.75, 3.05) is 18.4 Å². The van der Waals surface area contributed by atoms with E-state index in [2.05, 4.69) is 41.5 Å². The van der Waals surface area contributed by atoms with Crippen molar-refractivity contribution in [2.45, 2.75) is 32.7 Å². The van der Waals surface area contributed by atoms with Crippen molar-refractivity contribution in [1.82, 2.24) is 10.2 Å². The molecule has 1 aliphatic heterocycles. The Morgan fingerprint density at radius 1 is 1.11 bits per heavy atom. The number of likely N-dealkylation sites (tertiary alicyclic amines) is 1. The minimum atomic E-state index is -0.494. The van der Waals surface area contributed by atoms with Crippen LogP contribution >= 0.6 is 12.2 Å². The monoisotopic (exact) mass is 385 g/mol. The molecule has 0 spiro atoms. The maximum absolute atomic E-state index is 13.7. The zero-order valence-corrected chi connectivity index (χ0v) is 16.4. The summed E-state index contributed by atoms with van der Waals surface area (Å²) in [5.74, 6) is -0.853. The largest absolute Gasteiger partial charge is 0.349 e. The number of aryl methyl sites for hydroxylation is 2. The van der Waals surface area contributed by atoms with E-state index >= 15 is 0 Å². The van der Waals surface area contributed by atoms with Gasteiger partial charge in [0.1, 0.15) is 5.82 Å². The quantitative estimate of drug-likeness (QED) is 0.783. The number of carbonyl (C=O) groups is 1. The number of carbonyl (C=O) groups excluding carboxylic acids is 1. The van der Waals surface area contributed by atoms with E-state index in [1.807, 2.05) is 6.07 Å². The molecule has 0 bridgehead atoms. The summed E-state index contributed by atoms with van der Waals surface area (Å²) in [5.41, 5.74) is 3.54. The van der Waals surface area contributed by atoms with Crippen molar-refractivity contribution >= 4 is 28.9 Å². The standard InChI is InChI=1S/C21H24FN3OS/c1-14-7-8-17(13-15(14)2)24-21(27)25-11-9-16(10-12-25)23-20(26)18-5-3-4-6-19(18)22/h3-8,13,16H,9-12H2,1-2H3,(H,23,26)(H,24,27). The minimum absolute atomic E-state index is 0.0257. The molecule has 4 nitrogen and oxygen atoms in total. The van der Waals surface area contributed by atoms with Gasteiger partial charge in [0.25, 0.3) is 5.91 Å². The lowest BCUT2D eigenvalue weighted by Crippen LogP contribution is -2.47.